The van der Waals surface area contributed by atoms with Crippen LogP contribution in [-0.2, 0) is 18.9 Å². The number of Topliss-reactive ketones (excluding diaryl/α,β-unsaturated/α-hetero) is 1. The number of ketones is 1. The molecule has 0 aromatic heterocycles. The lowest BCUT2D eigenvalue weighted by molar-refractivity contribution is 0.0377. The Hall–Kier alpha value is -5.95. The van der Waals surface area contributed by atoms with Gasteiger partial charge in [-0.1, -0.05) is 12.1 Å². The first-order valence-electron chi connectivity index (χ1n) is 16.9. The Kier molecular flexibility index (Phi) is 14.5. The molecule has 0 heterocycles. The lowest BCUT2D eigenvalue weighted by Crippen LogP contribution is -2.81. The summed E-state index contributed by atoms with van der Waals surface area (Å²) in [6.45, 7) is 3.55. The van der Waals surface area contributed by atoms with E-state index in [0.29, 0.717) is 11.1 Å². The fourth-order valence-electron chi connectivity index (χ4n) is 6.35. The molecule has 0 atom stereocenters. The number of carbonyl (C=O) groups is 2. The summed E-state index contributed by atoms with van der Waals surface area (Å²) < 4.78 is 311. The van der Waals surface area contributed by atoms with Gasteiger partial charge in [0.25, 0.3) is 0 Å². The van der Waals surface area contributed by atoms with Gasteiger partial charge in [-0.15, -0.1) is 26.1 Å². The molecule has 5 rings (SSSR count). The Morgan fingerprint density at radius 1 is 0.422 bits per heavy atom. The van der Waals surface area contributed by atoms with Gasteiger partial charge in [0, 0.05) is 5.56 Å². The second-order valence-corrected chi connectivity index (χ2v) is 17.0. The summed E-state index contributed by atoms with van der Waals surface area (Å²) >= 11 is 0. The minimum absolute atomic E-state index is 0.0167. The second kappa shape index (κ2) is 18.3. The molecule has 0 unspecified atom stereocenters. The Balaban J connectivity index is 0.000000395. The van der Waals surface area contributed by atoms with E-state index in [0.717, 1.165) is 0 Å². The van der Waals surface area contributed by atoms with Crippen molar-refractivity contribution in [1.82, 2.24) is 0 Å². The summed E-state index contributed by atoms with van der Waals surface area (Å²) in [5.41, 5.74) is -13.5. The molecule has 0 spiro atoms. The van der Waals surface area contributed by atoms with Crippen LogP contribution in [-0.4, -0.2) is 42.3 Å². The molecule has 0 saturated heterocycles. The van der Waals surface area contributed by atoms with Gasteiger partial charge in [0.1, 0.15) is 65.2 Å². The molecule has 0 saturated carbocycles. The zero-order valence-corrected chi connectivity index (χ0v) is 32.6. The smallest absolute Gasteiger partial charge is 0.338 e. The molecule has 0 radical (unpaired) electrons. The average Bonchev–Trinajstić information content (AvgIpc) is 3.23. The summed E-state index contributed by atoms with van der Waals surface area (Å²) in [4.78, 5) is 23.4. The summed E-state index contributed by atoms with van der Waals surface area (Å²) in [5, 5.41) is 0. The maximum absolute atomic E-state index is 15.4. The fraction of sp³-hybridized carbons (Fsp3) is 0.158. The lowest BCUT2D eigenvalue weighted by Gasteiger charge is -2.44. The van der Waals surface area contributed by atoms with Crippen molar-refractivity contribution in [2.24, 2.45) is 0 Å². The molecular formula is C38H19BF20O4S. The number of rotatable bonds is 9. The van der Waals surface area contributed by atoms with Crippen molar-refractivity contribution < 1.29 is 106 Å². The summed E-state index contributed by atoms with van der Waals surface area (Å²) in [6.07, 6.45) is -4.29. The van der Waals surface area contributed by atoms with Crippen LogP contribution in [0.25, 0.3) is 0 Å². The van der Waals surface area contributed by atoms with Crippen molar-refractivity contribution >= 4 is 49.7 Å². The highest BCUT2D eigenvalue weighted by molar-refractivity contribution is 8.02. The first kappa shape index (κ1) is 50.7. The van der Waals surface area contributed by atoms with Gasteiger partial charge >= 0.3 is 5.97 Å². The van der Waals surface area contributed by atoms with Gasteiger partial charge in [0.05, 0.1) is 21.6 Å². The quantitative estimate of drug-likeness (QED) is 0.0286. The van der Waals surface area contributed by atoms with Crippen LogP contribution in [0.3, 0.4) is 0 Å². The number of halogens is 20. The Bertz CT molecular complexity index is 2410. The molecule has 5 aromatic carbocycles. The molecular weight excluding hydrogens is 943 g/mol. The van der Waals surface area contributed by atoms with E-state index in [2.05, 4.69) is 0 Å². The standard InChI is InChI=1S/C24BF20.C14H19O4S/c26-5-1(6(27)14(35)21(42)13(5)34)25(2-7(28)15(36)22(43)16(37)8(2)29,3-9(30)17(38)23(44)18(39)10(3)31)4-11(32)19(40)24(45)20(41)12(4)33;1-10(2)18-14(16)12-7-5-11(6-8-12)13(15)9-19(3,4)17/h;5-8,10H,9H2,1-4H3/q-1;+1. The van der Waals surface area contributed by atoms with E-state index < -0.39 is 160 Å². The molecule has 0 aliphatic rings. The van der Waals surface area contributed by atoms with E-state index in [-0.39, 0.29) is 17.6 Å². The summed E-state index contributed by atoms with van der Waals surface area (Å²) in [7, 11) is -2.11. The highest BCUT2D eigenvalue weighted by atomic mass is 32.2. The van der Waals surface area contributed by atoms with Crippen LogP contribution in [0.5, 0.6) is 0 Å². The van der Waals surface area contributed by atoms with Crippen molar-refractivity contribution in [1.29, 1.82) is 0 Å². The van der Waals surface area contributed by atoms with Crippen LogP contribution < -0.4 is 21.9 Å². The zero-order chi connectivity index (χ0) is 49.0. The maximum Gasteiger partial charge on any atom is 0.338 e. The van der Waals surface area contributed by atoms with Gasteiger partial charge in [-0.05, 0) is 26.0 Å². The topological polar surface area (TPSA) is 60.4 Å². The van der Waals surface area contributed by atoms with Crippen molar-refractivity contribution in [3.8, 4) is 0 Å². The molecule has 5 aromatic rings. The zero-order valence-electron chi connectivity index (χ0n) is 31.8. The van der Waals surface area contributed by atoms with E-state index in [1.165, 1.54) is 0 Å². The lowest BCUT2D eigenvalue weighted by atomic mass is 9.12. The highest BCUT2D eigenvalue weighted by Gasteiger charge is 2.52. The van der Waals surface area contributed by atoms with Gasteiger partial charge in [0.2, 0.25) is 5.78 Å². The predicted octanol–water partition coefficient (Wildman–Crippen LogP) is 8.04. The minimum atomic E-state index is -7.22. The van der Waals surface area contributed by atoms with E-state index in [1.807, 2.05) is 0 Å². The fourth-order valence-corrected chi connectivity index (χ4v) is 7.15. The van der Waals surface area contributed by atoms with E-state index in [1.54, 1.807) is 50.6 Å². The molecule has 0 aliphatic heterocycles. The molecule has 0 aliphatic carbocycles. The summed E-state index contributed by atoms with van der Waals surface area (Å²) in [5.74, 6) is -72.0. The second-order valence-electron chi connectivity index (χ2n) is 13.8. The van der Waals surface area contributed by atoms with Crippen LogP contribution in [0, 0.1) is 116 Å². The van der Waals surface area contributed by atoms with Crippen LogP contribution in [0.2, 0.25) is 0 Å². The molecule has 4 nitrogen and oxygen atoms in total. The third kappa shape index (κ3) is 8.54. The van der Waals surface area contributed by atoms with Crippen LogP contribution in [0.15, 0.2) is 24.3 Å². The SMILES string of the molecule is CC(C)OC(=O)c1ccc(C(=O)C[S+](C)(C)=O)cc1.Fc1c(F)c(F)c([B-](c2c(F)c(F)c(F)c(F)c2F)(c2c(F)c(F)c(F)c(F)c2F)c2c(F)c(F)c(F)c(F)c2F)c(F)c1F. The number of carbonyl (C=O) groups excluding carboxylic acids is 2. The third-order valence-corrected chi connectivity index (χ3v) is 9.93. The van der Waals surface area contributed by atoms with E-state index in [4.69, 9.17) is 4.74 Å². The van der Waals surface area contributed by atoms with E-state index in [9.17, 15) is 66.5 Å². The molecule has 0 amide bonds. The summed E-state index contributed by atoms with van der Waals surface area (Å²) in [6, 6.07) is 6.21. The van der Waals surface area contributed by atoms with Gasteiger partial charge in [-0.3, -0.25) is 4.79 Å². The largest absolute Gasteiger partial charge is 0.459 e. The van der Waals surface area contributed by atoms with Crippen LogP contribution in [0.4, 0.5) is 87.8 Å². The van der Waals surface area contributed by atoms with Crippen molar-refractivity contribution in [3.63, 3.8) is 0 Å². The number of benzene rings is 5. The number of hydrogen-bond acceptors (Lipinski definition) is 4. The Labute approximate surface area is 345 Å². The van der Waals surface area contributed by atoms with Crippen LogP contribution >= 0.6 is 0 Å². The van der Waals surface area contributed by atoms with Crippen molar-refractivity contribution in [2.75, 3.05) is 18.3 Å². The van der Waals surface area contributed by atoms with Gasteiger partial charge in [-0.25, -0.2) is 92.6 Å². The minimum Gasteiger partial charge on any atom is -0.459 e. The number of esters is 1. The van der Waals surface area contributed by atoms with Gasteiger partial charge in [-0.2, -0.15) is 0 Å². The maximum atomic E-state index is 15.4. The normalized spacial score (nSPS) is 11.8. The van der Waals surface area contributed by atoms with Crippen molar-refractivity contribution in [3.05, 3.63) is 152 Å². The molecule has 0 fully saturated rings. The molecule has 0 bridgehead atoms. The van der Waals surface area contributed by atoms with Crippen LogP contribution in [0.1, 0.15) is 34.6 Å². The Morgan fingerprint density at radius 2 is 0.625 bits per heavy atom. The number of ether oxygens (including phenoxy) is 1. The highest BCUT2D eigenvalue weighted by Crippen LogP contribution is 2.31. The van der Waals surface area contributed by atoms with Crippen molar-refractivity contribution in [2.45, 2.75) is 20.0 Å². The van der Waals surface area contributed by atoms with E-state index >= 15 is 35.1 Å². The monoisotopic (exact) mass is 962 g/mol. The molecule has 26 heteroatoms. The van der Waals surface area contributed by atoms with Gasteiger partial charge < -0.3 is 4.74 Å². The molecule has 344 valence electrons. The first-order chi connectivity index (χ1) is 29.4. The number of hydrogen-bond donors (Lipinski definition) is 0. The Morgan fingerprint density at radius 3 is 0.828 bits per heavy atom. The third-order valence-electron chi connectivity index (χ3n) is 8.97. The molecule has 0 N–H and O–H groups in total. The first-order valence-corrected chi connectivity index (χ1v) is 19.4. The van der Waals surface area contributed by atoms with Gasteiger partial charge in [0.15, 0.2) is 75.6 Å². The molecule has 64 heavy (non-hydrogen) atoms. The predicted molar refractivity (Wildman–Crippen MR) is 185 cm³/mol. The average molecular weight is 962 g/mol.